The first kappa shape index (κ1) is 11.7. The average Bonchev–Trinajstić information content (AvgIpc) is 2.60. The summed E-state index contributed by atoms with van der Waals surface area (Å²) >= 11 is 0. The van der Waals surface area contributed by atoms with E-state index in [-0.39, 0.29) is 0 Å². The summed E-state index contributed by atoms with van der Waals surface area (Å²) in [6.45, 7) is 1.01. The Morgan fingerprint density at radius 2 is 2.24 bits per heavy atom. The Bertz CT molecular complexity index is 500. The van der Waals surface area contributed by atoms with Gasteiger partial charge in [-0.15, -0.1) is 0 Å². The highest BCUT2D eigenvalue weighted by Crippen LogP contribution is 2.25. The largest absolute Gasteiger partial charge is 0.387 e. The number of hydrogen-bond donors (Lipinski definition) is 3. The van der Waals surface area contributed by atoms with Gasteiger partial charge >= 0.3 is 0 Å². The predicted molar refractivity (Wildman–Crippen MR) is 53.5 cm³/mol. The molecule has 0 bridgehead atoms. The van der Waals surface area contributed by atoms with Crippen LogP contribution in [-0.2, 0) is 4.74 Å². The lowest BCUT2D eigenvalue weighted by Gasteiger charge is -2.17. The van der Waals surface area contributed by atoms with Crippen molar-refractivity contribution in [3.8, 4) is 0 Å². The number of hydrogen-bond acceptors (Lipinski definition) is 6. The highest BCUT2D eigenvalue weighted by Gasteiger charge is 2.37. The Kier molecular flexibility index (Phi) is 2.92. The van der Waals surface area contributed by atoms with E-state index >= 15 is 0 Å². The molecule has 0 aliphatic carbocycles. The van der Waals surface area contributed by atoms with Gasteiger partial charge in [0.1, 0.15) is 18.8 Å². The second-order valence-corrected chi connectivity index (χ2v) is 3.50. The summed E-state index contributed by atoms with van der Waals surface area (Å²) in [6.07, 6.45) is -1.18. The third-order valence-corrected chi connectivity index (χ3v) is 2.38. The van der Waals surface area contributed by atoms with Gasteiger partial charge in [0.2, 0.25) is 0 Å². The molecular weight excluding hydrogens is 230 g/mol. The van der Waals surface area contributed by atoms with E-state index in [0.29, 0.717) is 0 Å². The van der Waals surface area contributed by atoms with Gasteiger partial charge < -0.3 is 20.7 Å². The van der Waals surface area contributed by atoms with E-state index in [1.807, 2.05) is 0 Å². The van der Waals surface area contributed by atoms with Gasteiger partial charge in [-0.2, -0.15) is 0 Å². The standard InChI is InChI=1S/C9H10N3O5/c10-7(15)5-8(16)12(2-1-11-5)9-6(14)4(13)3-17-9/h1-4,6,9,13-14H,(H2,10,15)/t4-,6+,9+/m0/s1. The molecule has 0 spiro atoms. The van der Waals surface area contributed by atoms with Gasteiger partial charge in [-0.3, -0.25) is 14.2 Å². The van der Waals surface area contributed by atoms with Crippen molar-refractivity contribution in [3.05, 3.63) is 35.0 Å². The molecule has 8 heteroatoms. The lowest BCUT2D eigenvalue weighted by Crippen LogP contribution is -2.37. The van der Waals surface area contributed by atoms with Crippen LogP contribution in [0, 0.1) is 6.61 Å². The topological polar surface area (TPSA) is 128 Å². The van der Waals surface area contributed by atoms with Crippen molar-refractivity contribution in [2.75, 3.05) is 0 Å². The summed E-state index contributed by atoms with van der Waals surface area (Å²) in [4.78, 5) is 26.2. The van der Waals surface area contributed by atoms with Gasteiger partial charge in [-0.05, 0) is 0 Å². The molecule has 91 valence electrons. The second-order valence-electron chi connectivity index (χ2n) is 3.50. The maximum atomic E-state index is 11.8. The molecule has 1 aromatic rings. The molecule has 0 unspecified atom stereocenters. The number of ether oxygens (including phenoxy) is 1. The molecule has 8 nitrogen and oxygen atoms in total. The molecule has 1 saturated heterocycles. The summed E-state index contributed by atoms with van der Waals surface area (Å²) in [7, 11) is 0. The number of nitrogens with zero attached hydrogens (tertiary/aromatic N) is 2. The van der Waals surface area contributed by atoms with Gasteiger partial charge in [0, 0.05) is 12.4 Å². The van der Waals surface area contributed by atoms with E-state index in [4.69, 9.17) is 10.5 Å². The first-order valence-electron chi connectivity index (χ1n) is 4.74. The quantitative estimate of drug-likeness (QED) is 0.536. The van der Waals surface area contributed by atoms with Crippen molar-refractivity contribution >= 4 is 5.91 Å². The average molecular weight is 240 g/mol. The molecule has 17 heavy (non-hydrogen) atoms. The van der Waals surface area contributed by atoms with Crippen LogP contribution in [0.2, 0.25) is 0 Å². The van der Waals surface area contributed by atoms with Crippen molar-refractivity contribution in [2.24, 2.45) is 5.73 Å². The molecule has 1 radical (unpaired) electrons. The SMILES string of the molecule is NC(=O)c1nccn([C@@H]2O[CH][C@H](O)[C@H]2O)c1=O. The molecule has 1 amide bonds. The molecule has 4 N–H and O–H groups in total. The Morgan fingerprint density at radius 1 is 1.53 bits per heavy atom. The molecule has 2 rings (SSSR count). The number of carbonyl (C=O) groups excluding carboxylic acids is 1. The van der Waals surface area contributed by atoms with E-state index in [1.54, 1.807) is 0 Å². The van der Waals surface area contributed by atoms with Crippen LogP contribution in [0.15, 0.2) is 17.2 Å². The summed E-state index contributed by atoms with van der Waals surface area (Å²) in [6, 6.07) is 0. The van der Waals surface area contributed by atoms with Crippen LogP contribution in [0.5, 0.6) is 0 Å². The minimum Gasteiger partial charge on any atom is -0.387 e. The van der Waals surface area contributed by atoms with Gasteiger partial charge in [0.25, 0.3) is 11.5 Å². The lowest BCUT2D eigenvalue weighted by molar-refractivity contribution is -0.0164. The normalized spacial score (nSPS) is 28.2. The van der Waals surface area contributed by atoms with E-state index in [2.05, 4.69) is 4.98 Å². The smallest absolute Gasteiger partial charge is 0.284 e. The van der Waals surface area contributed by atoms with Gasteiger partial charge in [-0.1, -0.05) is 0 Å². The van der Waals surface area contributed by atoms with Crippen molar-refractivity contribution in [1.29, 1.82) is 0 Å². The van der Waals surface area contributed by atoms with E-state index in [9.17, 15) is 19.8 Å². The van der Waals surface area contributed by atoms with E-state index in [1.165, 1.54) is 12.4 Å². The Balaban J connectivity index is 2.44. The first-order chi connectivity index (χ1) is 8.02. The highest BCUT2D eigenvalue weighted by molar-refractivity contribution is 5.90. The fraction of sp³-hybridized carbons (Fsp3) is 0.333. The Hall–Kier alpha value is -1.77. The predicted octanol–water partition coefficient (Wildman–Crippen LogP) is -2.25. The highest BCUT2D eigenvalue weighted by atomic mass is 16.5. The Labute approximate surface area is 95.3 Å². The number of aromatic nitrogens is 2. The monoisotopic (exact) mass is 240 g/mol. The van der Waals surface area contributed by atoms with Crippen molar-refractivity contribution < 1.29 is 19.7 Å². The summed E-state index contributed by atoms with van der Waals surface area (Å²) in [5.41, 5.74) is 3.73. The molecule has 0 aromatic carbocycles. The van der Waals surface area contributed by atoms with Crippen LogP contribution in [-0.4, -0.2) is 37.9 Å². The molecular formula is C9H10N3O5. The van der Waals surface area contributed by atoms with E-state index in [0.717, 1.165) is 11.2 Å². The molecule has 3 atom stereocenters. The number of aliphatic hydroxyl groups excluding tert-OH is 2. The Morgan fingerprint density at radius 3 is 2.76 bits per heavy atom. The maximum Gasteiger partial charge on any atom is 0.284 e. The van der Waals surface area contributed by atoms with Crippen LogP contribution in [0.3, 0.4) is 0 Å². The van der Waals surface area contributed by atoms with Crippen LogP contribution in [0.25, 0.3) is 0 Å². The number of amides is 1. The maximum absolute atomic E-state index is 11.8. The molecule has 1 aliphatic heterocycles. The molecule has 2 heterocycles. The number of carbonyl (C=O) groups is 1. The van der Waals surface area contributed by atoms with Crippen molar-refractivity contribution in [2.45, 2.75) is 18.4 Å². The molecule has 0 saturated carbocycles. The van der Waals surface area contributed by atoms with Crippen molar-refractivity contribution in [3.63, 3.8) is 0 Å². The summed E-state index contributed by atoms with van der Waals surface area (Å²) in [5, 5.41) is 18.8. The van der Waals surface area contributed by atoms with Crippen LogP contribution in [0.4, 0.5) is 0 Å². The number of primary amides is 1. The molecule has 1 aliphatic rings. The van der Waals surface area contributed by atoms with Crippen LogP contribution in [0.1, 0.15) is 16.7 Å². The van der Waals surface area contributed by atoms with Crippen LogP contribution >= 0.6 is 0 Å². The minimum atomic E-state index is -1.30. The number of nitrogens with two attached hydrogens (primary N) is 1. The summed E-state index contributed by atoms with van der Waals surface area (Å²) in [5.74, 6) is -0.971. The third kappa shape index (κ3) is 1.93. The number of aliphatic hydroxyl groups is 2. The third-order valence-electron chi connectivity index (χ3n) is 2.38. The fourth-order valence-corrected chi connectivity index (χ4v) is 1.52. The zero-order valence-electron chi connectivity index (χ0n) is 8.56. The summed E-state index contributed by atoms with van der Waals surface area (Å²) < 4.78 is 5.89. The van der Waals surface area contributed by atoms with Crippen molar-refractivity contribution in [1.82, 2.24) is 9.55 Å². The second kappa shape index (κ2) is 4.24. The fourth-order valence-electron chi connectivity index (χ4n) is 1.52. The molecule has 1 fully saturated rings. The first-order valence-corrected chi connectivity index (χ1v) is 4.74. The zero-order valence-corrected chi connectivity index (χ0v) is 8.56. The zero-order chi connectivity index (χ0) is 12.6. The van der Waals surface area contributed by atoms with E-state index < -0.39 is 35.6 Å². The van der Waals surface area contributed by atoms with Crippen LogP contribution < -0.4 is 11.3 Å². The molecule has 1 aromatic heterocycles. The minimum absolute atomic E-state index is 0.454. The van der Waals surface area contributed by atoms with Gasteiger partial charge in [0.05, 0.1) is 0 Å². The van der Waals surface area contributed by atoms with Gasteiger partial charge in [0.15, 0.2) is 11.9 Å². The lowest BCUT2D eigenvalue weighted by atomic mass is 10.2. The van der Waals surface area contributed by atoms with Gasteiger partial charge in [-0.25, -0.2) is 4.98 Å². The number of rotatable bonds is 2.